The molecule has 0 bridgehead atoms. The lowest BCUT2D eigenvalue weighted by Crippen LogP contribution is -2.54. The number of anilines is 1. The van der Waals surface area contributed by atoms with Crippen LogP contribution in [0, 0.1) is 12.8 Å². The van der Waals surface area contributed by atoms with Gasteiger partial charge in [0.15, 0.2) is 0 Å². The first-order valence-corrected chi connectivity index (χ1v) is 11.1. The quantitative estimate of drug-likeness (QED) is 0.648. The highest BCUT2D eigenvalue weighted by atomic mass is 16.2. The summed E-state index contributed by atoms with van der Waals surface area (Å²) in [4.78, 5) is 20.3. The summed E-state index contributed by atoms with van der Waals surface area (Å²) in [6.07, 6.45) is 5.51. The summed E-state index contributed by atoms with van der Waals surface area (Å²) < 4.78 is 2.05. The number of aromatic nitrogens is 2. The molecule has 0 spiro atoms. The Hall–Kier alpha value is -2.82. The smallest absolute Gasteiger partial charge is 0.228 e. The van der Waals surface area contributed by atoms with Crippen LogP contribution in [-0.4, -0.2) is 38.8 Å². The summed E-state index contributed by atoms with van der Waals surface area (Å²) in [7, 11) is 0. The van der Waals surface area contributed by atoms with Gasteiger partial charge in [0.2, 0.25) is 5.91 Å². The van der Waals surface area contributed by atoms with Crippen LogP contribution in [0.5, 0.6) is 0 Å². The van der Waals surface area contributed by atoms with E-state index in [4.69, 9.17) is 0 Å². The minimum absolute atomic E-state index is 0.200. The van der Waals surface area contributed by atoms with E-state index in [0.717, 1.165) is 48.5 Å². The van der Waals surface area contributed by atoms with Crippen LogP contribution >= 0.6 is 0 Å². The first-order chi connectivity index (χ1) is 14.5. The van der Waals surface area contributed by atoms with E-state index < -0.39 is 0 Å². The molecule has 3 aromatic rings. The zero-order valence-corrected chi connectivity index (χ0v) is 18.2. The molecule has 1 saturated heterocycles. The molecule has 1 fully saturated rings. The fraction of sp³-hybridized carbons (Fsp3) is 0.440. The molecule has 5 nitrogen and oxygen atoms in total. The Morgan fingerprint density at radius 3 is 2.70 bits per heavy atom. The van der Waals surface area contributed by atoms with Crippen LogP contribution in [0.25, 0.3) is 5.65 Å². The van der Waals surface area contributed by atoms with Gasteiger partial charge < -0.3 is 14.6 Å². The van der Waals surface area contributed by atoms with E-state index in [0.29, 0.717) is 12.3 Å². The van der Waals surface area contributed by atoms with E-state index in [1.807, 2.05) is 41.8 Å². The molecule has 5 heteroatoms. The number of imidazole rings is 1. The van der Waals surface area contributed by atoms with Gasteiger partial charge >= 0.3 is 0 Å². The average Bonchev–Trinajstić information content (AvgIpc) is 3.05. The molecule has 30 heavy (non-hydrogen) atoms. The second kappa shape index (κ2) is 8.90. The summed E-state index contributed by atoms with van der Waals surface area (Å²) in [5.41, 5.74) is 3.96. The topological polar surface area (TPSA) is 49.6 Å². The number of carbonyl (C=O) groups is 1. The number of carbonyl (C=O) groups excluding carboxylic acids is 1. The van der Waals surface area contributed by atoms with Crippen molar-refractivity contribution in [1.29, 1.82) is 0 Å². The maximum atomic E-state index is 13.5. The van der Waals surface area contributed by atoms with Crippen LogP contribution in [0.1, 0.15) is 44.5 Å². The third-order valence-corrected chi connectivity index (χ3v) is 6.09. The molecule has 0 unspecified atom stereocenters. The number of piperidine rings is 1. The van der Waals surface area contributed by atoms with Gasteiger partial charge in [-0.3, -0.25) is 4.79 Å². The van der Waals surface area contributed by atoms with Gasteiger partial charge in [0.05, 0.1) is 23.9 Å². The summed E-state index contributed by atoms with van der Waals surface area (Å²) in [6.45, 7) is 7.31. The Morgan fingerprint density at radius 1 is 1.17 bits per heavy atom. The van der Waals surface area contributed by atoms with Crippen molar-refractivity contribution in [3.05, 3.63) is 66.1 Å². The lowest BCUT2D eigenvalue weighted by molar-refractivity contribution is -0.134. The van der Waals surface area contributed by atoms with E-state index in [-0.39, 0.29) is 18.0 Å². The fourth-order valence-corrected chi connectivity index (χ4v) is 4.68. The Morgan fingerprint density at radius 2 is 1.93 bits per heavy atom. The van der Waals surface area contributed by atoms with Crippen LogP contribution in [0.3, 0.4) is 0 Å². The van der Waals surface area contributed by atoms with Crippen molar-refractivity contribution >= 4 is 17.2 Å². The van der Waals surface area contributed by atoms with E-state index in [1.165, 1.54) is 0 Å². The average molecular weight is 405 g/mol. The lowest BCUT2D eigenvalue weighted by atomic mass is 9.89. The number of hydrogen-bond donors (Lipinski definition) is 1. The molecule has 4 rings (SSSR count). The molecule has 1 aliphatic rings. The van der Waals surface area contributed by atoms with E-state index >= 15 is 0 Å². The Kier molecular flexibility index (Phi) is 6.07. The highest BCUT2D eigenvalue weighted by Gasteiger charge is 2.35. The van der Waals surface area contributed by atoms with Crippen LogP contribution < -0.4 is 5.32 Å². The Bertz CT molecular complexity index is 995. The fourth-order valence-electron chi connectivity index (χ4n) is 4.68. The van der Waals surface area contributed by atoms with Gasteiger partial charge in [-0.1, -0.05) is 38.1 Å². The number of para-hydroxylation sites is 1. The van der Waals surface area contributed by atoms with Gasteiger partial charge in [0.25, 0.3) is 0 Å². The molecule has 0 aliphatic carbocycles. The number of nitrogens with zero attached hydrogens (tertiary/aromatic N) is 3. The van der Waals surface area contributed by atoms with Crippen molar-refractivity contribution in [3.63, 3.8) is 0 Å². The highest BCUT2D eigenvalue weighted by molar-refractivity contribution is 5.79. The van der Waals surface area contributed by atoms with Crippen molar-refractivity contribution in [2.75, 3.05) is 11.9 Å². The number of aryl methyl sites for hydroxylation is 1. The summed E-state index contributed by atoms with van der Waals surface area (Å²) in [5, 5.41) is 3.71. The van der Waals surface area contributed by atoms with Gasteiger partial charge in [-0.15, -0.1) is 0 Å². The third-order valence-electron chi connectivity index (χ3n) is 6.09. The van der Waals surface area contributed by atoms with Gasteiger partial charge in [-0.25, -0.2) is 4.98 Å². The van der Waals surface area contributed by atoms with Gasteiger partial charge in [-0.05, 0) is 56.4 Å². The molecule has 2 atom stereocenters. The summed E-state index contributed by atoms with van der Waals surface area (Å²) in [6, 6.07) is 16.8. The standard InChI is InChI=1S/C25H32N4O/c1-18(2)16-23-21(27-20-10-5-4-6-11-20)12-9-15-29(23)25(30)17-22-19(3)26-24-13-7-8-14-28(22)24/h4-8,10-11,13-14,18,21,23,27H,9,12,15-17H2,1-3H3/t21-,23-/m1/s1. The first kappa shape index (κ1) is 20.5. The van der Waals surface area contributed by atoms with E-state index in [2.05, 4.69) is 53.3 Å². The number of nitrogens with one attached hydrogen (secondary N) is 1. The molecule has 1 N–H and O–H groups in total. The molecule has 0 radical (unpaired) electrons. The Balaban J connectivity index is 1.57. The van der Waals surface area contributed by atoms with Crippen molar-refractivity contribution in [1.82, 2.24) is 14.3 Å². The molecular formula is C25H32N4O. The molecule has 158 valence electrons. The predicted molar refractivity (Wildman–Crippen MR) is 122 cm³/mol. The second-order valence-corrected chi connectivity index (χ2v) is 8.79. The molecule has 0 saturated carbocycles. The largest absolute Gasteiger partial charge is 0.380 e. The van der Waals surface area contributed by atoms with Crippen LogP contribution in [0.4, 0.5) is 5.69 Å². The second-order valence-electron chi connectivity index (χ2n) is 8.79. The molecule has 2 aromatic heterocycles. The zero-order valence-electron chi connectivity index (χ0n) is 18.2. The van der Waals surface area contributed by atoms with Crippen molar-refractivity contribution < 1.29 is 4.79 Å². The van der Waals surface area contributed by atoms with Crippen LogP contribution in [-0.2, 0) is 11.2 Å². The Labute approximate surface area is 179 Å². The first-order valence-electron chi connectivity index (χ1n) is 11.1. The van der Waals surface area contributed by atoms with E-state index in [9.17, 15) is 4.79 Å². The molecule has 1 aliphatic heterocycles. The number of hydrogen-bond acceptors (Lipinski definition) is 3. The number of pyridine rings is 1. The van der Waals surface area contributed by atoms with E-state index in [1.54, 1.807) is 0 Å². The normalized spacial score (nSPS) is 19.4. The zero-order chi connectivity index (χ0) is 21.1. The number of benzene rings is 1. The number of amides is 1. The van der Waals surface area contributed by atoms with Gasteiger partial charge in [-0.2, -0.15) is 0 Å². The highest BCUT2D eigenvalue weighted by Crippen LogP contribution is 2.27. The van der Waals surface area contributed by atoms with Crippen molar-refractivity contribution in [2.24, 2.45) is 5.92 Å². The van der Waals surface area contributed by atoms with Crippen molar-refractivity contribution in [3.8, 4) is 0 Å². The maximum absolute atomic E-state index is 13.5. The number of fused-ring (bicyclic) bond motifs is 1. The lowest BCUT2D eigenvalue weighted by Gasteiger charge is -2.43. The minimum atomic E-state index is 0.200. The molecule has 1 aromatic carbocycles. The summed E-state index contributed by atoms with van der Waals surface area (Å²) in [5.74, 6) is 0.731. The van der Waals surface area contributed by atoms with Gasteiger partial charge in [0.1, 0.15) is 5.65 Å². The third kappa shape index (κ3) is 4.35. The van der Waals surface area contributed by atoms with Crippen LogP contribution in [0.2, 0.25) is 0 Å². The summed E-state index contributed by atoms with van der Waals surface area (Å²) >= 11 is 0. The van der Waals surface area contributed by atoms with Gasteiger partial charge in [0, 0.05) is 24.5 Å². The molecular weight excluding hydrogens is 372 g/mol. The maximum Gasteiger partial charge on any atom is 0.228 e. The minimum Gasteiger partial charge on any atom is -0.380 e. The number of likely N-dealkylation sites (tertiary alicyclic amines) is 1. The molecule has 1 amide bonds. The monoisotopic (exact) mass is 404 g/mol. The SMILES string of the molecule is Cc1nc2ccccn2c1CC(=O)N1CCC[C@@H](Nc2ccccc2)[C@H]1CC(C)C. The van der Waals surface area contributed by atoms with Crippen molar-refractivity contribution in [2.45, 2.75) is 58.5 Å². The molecule has 3 heterocycles. The predicted octanol–water partition coefficient (Wildman–Crippen LogP) is 4.70. The van der Waals surface area contributed by atoms with Crippen LogP contribution in [0.15, 0.2) is 54.7 Å². The number of rotatable bonds is 6.